The van der Waals surface area contributed by atoms with Gasteiger partial charge in [-0.05, 0) is 25.1 Å². The van der Waals surface area contributed by atoms with E-state index in [-0.39, 0.29) is 5.91 Å². The van der Waals surface area contributed by atoms with Gasteiger partial charge in [0.2, 0.25) is 0 Å². The van der Waals surface area contributed by atoms with Crippen molar-refractivity contribution in [3.05, 3.63) is 23.8 Å². The molecule has 0 saturated heterocycles. The van der Waals surface area contributed by atoms with Crippen LogP contribution in [0.5, 0.6) is 11.5 Å². The second kappa shape index (κ2) is 6.79. The van der Waals surface area contributed by atoms with E-state index >= 15 is 0 Å². The standard InChI is InChI=1S/C14H19NO5/c1-9(13(16)15(2)3)20-11-7-6-10(14(17)19-5)8-12(11)18-4/h6-9H,1-5H3/t9-/m0/s1. The molecule has 1 aromatic carbocycles. The summed E-state index contributed by atoms with van der Waals surface area (Å²) in [7, 11) is 6.07. The van der Waals surface area contributed by atoms with Gasteiger partial charge in [0, 0.05) is 14.1 Å². The molecule has 1 amide bonds. The molecule has 0 N–H and O–H groups in total. The first-order chi connectivity index (χ1) is 9.40. The van der Waals surface area contributed by atoms with Crippen LogP contribution in [0.3, 0.4) is 0 Å². The van der Waals surface area contributed by atoms with E-state index in [1.165, 1.54) is 25.2 Å². The zero-order chi connectivity index (χ0) is 15.3. The third-order valence-corrected chi connectivity index (χ3v) is 2.68. The Kier molecular flexibility index (Phi) is 5.37. The van der Waals surface area contributed by atoms with Gasteiger partial charge >= 0.3 is 5.97 Å². The van der Waals surface area contributed by atoms with Crippen LogP contribution in [0.15, 0.2) is 18.2 Å². The molecule has 0 bridgehead atoms. The molecule has 0 aliphatic heterocycles. The van der Waals surface area contributed by atoms with Crippen molar-refractivity contribution >= 4 is 11.9 Å². The van der Waals surface area contributed by atoms with Crippen molar-refractivity contribution in [2.45, 2.75) is 13.0 Å². The van der Waals surface area contributed by atoms with Crippen LogP contribution < -0.4 is 9.47 Å². The Bertz CT molecular complexity index is 498. The predicted octanol–water partition coefficient (Wildman–Crippen LogP) is 1.34. The number of hydrogen-bond donors (Lipinski definition) is 0. The third-order valence-electron chi connectivity index (χ3n) is 2.68. The molecule has 0 radical (unpaired) electrons. The largest absolute Gasteiger partial charge is 0.493 e. The summed E-state index contributed by atoms with van der Waals surface area (Å²) < 4.78 is 15.4. The smallest absolute Gasteiger partial charge is 0.337 e. The highest BCUT2D eigenvalue weighted by Crippen LogP contribution is 2.29. The van der Waals surface area contributed by atoms with E-state index in [9.17, 15) is 9.59 Å². The van der Waals surface area contributed by atoms with Crippen molar-refractivity contribution in [1.29, 1.82) is 0 Å². The van der Waals surface area contributed by atoms with Crippen LogP contribution in [0.25, 0.3) is 0 Å². The number of amides is 1. The van der Waals surface area contributed by atoms with Crippen LogP contribution in [-0.4, -0.2) is 51.2 Å². The molecular weight excluding hydrogens is 262 g/mol. The minimum Gasteiger partial charge on any atom is -0.493 e. The zero-order valence-electron chi connectivity index (χ0n) is 12.3. The molecule has 1 rings (SSSR count). The summed E-state index contributed by atoms with van der Waals surface area (Å²) in [4.78, 5) is 24.6. The zero-order valence-corrected chi connectivity index (χ0v) is 12.3. The van der Waals surface area contributed by atoms with Crippen LogP contribution in [0.2, 0.25) is 0 Å². The fraction of sp³-hybridized carbons (Fsp3) is 0.429. The van der Waals surface area contributed by atoms with E-state index in [1.807, 2.05) is 0 Å². The molecule has 0 spiro atoms. The number of methoxy groups -OCH3 is 2. The summed E-state index contributed by atoms with van der Waals surface area (Å²) in [5, 5.41) is 0. The summed E-state index contributed by atoms with van der Waals surface area (Å²) in [6, 6.07) is 4.63. The first-order valence-corrected chi connectivity index (χ1v) is 6.04. The molecule has 20 heavy (non-hydrogen) atoms. The number of rotatable bonds is 5. The molecule has 6 heteroatoms. The van der Waals surface area contributed by atoms with Crippen LogP contribution in [0.1, 0.15) is 17.3 Å². The van der Waals surface area contributed by atoms with E-state index in [0.29, 0.717) is 17.1 Å². The van der Waals surface area contributed by atoms with Gasteiger partial charge in [0.15, 0.2) is 17.6 Å². The maximum Gasteiger partial charge on any atom is 0.337 e. The highest BCUT2D eigenvalue weighted by atomic mass is 16.5. The van der Waals surface area contributed by atoms with Crippen molar-refractivity contribution in [3.63, 3.8) is 0 Å². The monoisotopic (exact) mass is 281 g/mol. The topological polar surface area (TPSA) is 65.1 Å². The van der Waals surface area contributed by atoms with E-state index in [2.05, 4.69) is 4.74 Å². The number of likely N-dealkylation sites (N-methyl/N-ethyl adjacent to an activating group) is 1. The normalized spacial score (nSPS) is 11.4. The lowest BCUT2D eigenvalue weighted by atomic mass is 10.2. The minimum absolute atomic E-state index is 0.163. The van der Waals surface area contributed by atoms with Crippen molar-refractivity contribution in [3.8, 4) is 11.5 Å². The molecule has 1 aromatic rings. The Morgan fingerprint density at radius 2 is 1.80 bits per heavy atom. The first-order valence-electron chi connectivity index (χ1n) is 6.04. The van der Waals surface area contributed by atoms with Crippen LogP contribution >= 0.6 is 0 Å². The molecular formula is C14H19NO5. The molecule has 0 heterocycles. The lowest BCUT2D eigenvalue weighted by molar-refractivity contribution is -0.135. The van der Waals surface area contributed by atoms with Crippen LogP contribution in [-0.2, 0) is 9.53 Å². The average Bonchev–Trinajstić information content (AvgIpc) is 2.45. The Hall–Kier alpha value is -2.24. The van der Waals surface area contributed by atoms with Gasteiger partial charge in [-0.2, -0.15) is 0 Å². The highest BCUT2D eigenvalue weighted by Gasteiger charge is 2.19. The van der Waals surface area contributed by atoms with Crippen LogP contribution in [0, 0.1) is 0 Å². The van der Waals surface area contributed by atoms with Gasteiger partial charge in [0.1, 0.15) is 0 Å². The van der Waals surface area contributed by atoms with Gasteiger partial charge in [-0.15, -0.1) is 0 Å². The fourth-order valence-electron chi connectivity index (χ4n) is 1.61. The van der Waals surface area contributed by atoms with Crippen molar-refractivity contribution in [2.75, 3.05) is 28.3 Å². The number of carbonyl (C=O) groups is 2. The lowest BCUT2D eigenvalue weighted by Gasteiger charge is -2.19. The van der Waals surface area contributed by atoms with E-state index < -0.39 is 12.1 Å². The van der Waals surface area contributed by atoms with Gasteiger partial charge in [0.25, 0.3) is 5.91 Å². The Labute approximate surface area is 118 Å². The summed E-state index contributed by atoms with van der Waals surface area (Å²) in [5.74, 6) is 0.130. The van der Waals surface area contributed by atoms with Crippen molar-refractivity contribution in [1.82, 2.24) is 4.90 Å². The second-order valence-electron chi connectivity index (χ2n) is 4.35. The quantitative estimate of drug-likeness (QED) is 0.762. The molecule has 0 aliphatic carbocycles. The molecule has 6 nitrogen and oxygen atoms in total. The number of ether oxygens (including phenoxy) is 3. The van der Waals surface area contributed by atoms with E-state index in [4.69, 9.17) is 9.47 Å². The Balaban J connectivity index is 2.96. The van der Waals surface area contributed by atoms with Gasteiger partial charge < -0.3 is 19.1 Å². The molecule has 0 aliphatic rings. The SMILES string of the molecule is COC(=O)c1ccc(O[C@@H](C)C(=O)N(C)C)c(OC)c1. The molecule has 0 fully saturated rings. The van der Waals surface area contributed by atoms with Crippen LogP contribution in [0.4, 0.5) is 0 Å². The number of hydrogen-bond acceptors (Lipinski definition) is 5. The van der Waals surface area contributed by atoms with Crippen molar-refractivity contribution < 1.29 is 23.8 Å². The highest BCUT2D eigenvalue weighted by molar-refractivity contribution is 5.90. The van der Waals surface area contributed by atoms with Gasteiger partial charge in [-0.25, -0.2) is 4.79 Å². The number of nitrogens with zero attached hydrogens (tertiary/aromatic N) is 1. The molecule has 0 aromatic heterocycles. The van der Waals surface area contributed by atoms with E-state index in [1.54, 1.807) is 33.2 Å². The van der Waals surface area contributed by atoms with E-state index in [0.717, 1.165) is 0 Å². The van der Waals surface area contributed by atoms with Crippen molar-refractivity contribution in [2.24, 2.45) is 0 Å². The number of benzene rings is 1. The molecule has 1 atom stereocenters. The molecule has 110 valence electrons. The summed E-state index contributed by atoms with van der Waals surface area (Å²) in [6.45, 7) is 1.65. The molecule has 0 unspecified atom stereocenters. The number of esters is 1. The summed E-state index contributed by atoms with van der Waals surface area (Å²) in [5.41, 5.74) is 0.350. The van der Waals surface area contributed by atoms with Gasteiger partial charge in [-0.3, -0.25) is 4.79 Å². The Morgan fingerprint density at radius 3 is 2.30 bits per heavy atom. The maximum atomic E-state index is 11.8. The average molecular weight is 281 g/mol. The maximum absolute atomic E-state index is 11.8. The Morgan fingerprint density at radius 1 is 1.15 bits per heavy atom. The first kappa shape index (κ1) is 15.8. The number of carbonyl (C=O) groups excluding carboxylic acids is 2. The van der Waals surface area contributed by atoms with Gasteiger partial charge in [-0.1, -0.05) is 0 Å². The molecule has 0 saturated carbocycles. The summed E-state index contributed by atoms with van der Waals surface area (Å²) in [6.07, 6.45) is -0.650. The fourth-order valence-corrected chi connectivity index (χ4v) is 1.61. The lowest BCUT2D eigenvalue weighted by Crippen LogP contribution is -2.35. The summed E-state index contributed by atoms with van der Waals surface area (Å²) >= 11 is 0. The minimum atomic E-state index is -0.650. The second-order valence-corrected chi connectivity index (χ2v) is 4.35. The predicted molar refractivity (Wildman–Crippen MR) is 73.1 cm³/mol. The third kappa shape index (κ3) is 3.63. The van der Waals surface area contributed by atoms with Gasteiger partial charge in [0.05, 0.1) is 19.8 Å².